The third-order valence-corrected chi connectivity index (χ3v) is 2.55. The van der Waals surface area contributed by atoms with Crippen LogP contribution in [0.3, 0.4) is 0 Å². The zero-order valence-electron chi connectivity index (χ0n) is 10.6. The normalized spacial score (nSPS) is 10.9. The van der Waals surface area contributed by atoms with Crippen LogP contribution in [0.5, 0.6) is 0 Å². The van der Waals surface area contributed by atoms with E-state index >= 15 is 0 Å². The number of hydrazone groups is 1. The summed E-state index contributed by atoms with van der Waals surface area (Å²) in [5.41, 5.74) is 4.92. The second-order valence-corrected chi connectivity index (χ2v) is 4.00. The van der Waals surface area contributed by atoms with Gasteiger partial charge in [0.25, 0.3) is 0 Å². The Morgan fingerprint density at radius 2 is 1.53 bits per heavy atom. The number of anilines is 1. The van der Waals surface area contributed by atoms with E-state index in [1.807, 2.05) is 67.6 Å². The van der Waals surface area contributed by atoms with E-state index < -0.39 is 0 Å². The van der Waals surface area contributed by atoms with E-state index in [4.69, 9.17) is 0 Å². The van der Waals surface area contributed by atoms with E-state index in [2.05, 4.69) is 15.8 Å². The minimum atomic E-state index is -0.360. The summed E-state index contributed by atoms with van der Waals surface area (Å²) in [6.07, 6.45) is 0. The number of nitrogens with one attached hydrogen (secondary N) is 2. The lowest BCUT2D eigenvalue weighted by Gasteiger charge is -2.05. The molecule has 0 atom stereocenters. The van der Waals surface area contributed by atoms with E-state index in [0.717, 1.165) is 17.0 Å². The number of amides is 2. The van der Waals surface area contributed by atoms with Crippen LogP contribution >= 0.6 is 0 Å². The summed E-state index contributed by atoms with van der Waals surface area (Å²) in [5.74, 6) is 0. The molecule has 4 heteroatoms. The number of urea groups is 1. The van der Waals surface area contributed by atoms with Gasteiger partial charge < -0.3 is 5.32 Å². The fourth-order valence-corrected chi connectivity index (χ4v) is 1.56. The van der Waals surface area contributed by atoms with E-state index in [0.29, 0.717) is 0 Å². The Kier molecular flexibility index (Phi) is 4.29. The lowest BCUT2D eigenvalue weighted by molar-refractivity contribution is 0.252. The molecule has 0 bridgehead atoms. The van der Waals surface area contributed by atoms with Gasteiger partial charge in [0.05, 0.1) is 5.71 Å². The van der Waals surface area contributed by atoms with Gasteiger partial charge in [-0.25, -0.2) is 10.2 Å². The molecule has 4 nitrogen and oxygen atoms in total. The van der Waals surface area contributed by atoms with E-state index in [-0.39, 0.29) is 6.03 Å². The van der Waals surface area contributed by atoms with Crippen LogP contribution in [0.4, 0.5) is 10.5 Å². The number of hydrogen-bond acceptors (Lipinski definition) is 2. The molecular weight excluding hydrogens is 238 g/mol. The molecule has 0 heterocycles. The number of hydrogen-bond donors (Lipinski definition) is 2. The minimum Gasteiger partial charge on any atom is -0.307 e. The van der Waals surface area contributed by atoms with Gasteiger partial charge in [-0.3, -0.25) is 0 Å². The van der Waals surface area contributed by atoms with Crippen molar-refractivity contribution in [3.63, 3.8) is 0 Å². The molecule has 0 aromatic heterocycles. The largest absolute Gasteiger partial charge is 0.339 e. The third-order valence-electron chi connectivity index (χ3n) is 2.55. The molecule has 19 heavy (non-hydrogen) atoms. The number of benzene rings is 2. The number of nitrogens with zero attached hydrogens (tertiary/aromatic N) is 1. The van der Waals surface area contributed by atoms with Crippen molar-refractivity contribution in [2.45, 2.75) is 6.92 Å². The number of para-hydroxylation sites is 1. The SMILES string of the molecule is CC(=NNC(=O)Nc1ccccc1)c1ccccc1. The van der Waals surface area contributed by atoms with Crippen molar-refractivity contribution < 1.29 is 4.79 Å². The Morgan fingerprint density at radius 1 is 0.947 bits per heavy atom. The van der Waals surface area contributed by atoms with Crippen LogP contribution in [0.2, 0.25) is 0 Å². The quantitative estimate of drug-likeness (QED) is 0.640. The highest BCUT2D eigenvalue weighted by Crippen LogP contribution is 2.04. The monoisotopic (exact) mass is 253 g/mol. The van der Waals surface area contributed by atoms with Crippen LogP contribution in [-0.4, -0.2) is 11.7 Å². The van der Waals surface area contributed by atoms with Crippen LogP contribution in [0, 0.1) is 0 Å². The first-order chi connectivity index (χ1) is 9.25. The van der Waals surface area contributed by atoms with Gasteiger partial charge in [-0.05, 0) is 24.6 Å². The van der Waals surface area contributed by atoms with E-state index in [1.165, 1.54) is 0 Å². The van der Waals surface area contributed by atoms with Crippen molar-refractivity contribution in [2.24, 2.45) is 5.10 Å². The molecular formula is C15H15N3O. The highest BCUT2D eigenvalue weighted by molar-refractivity contribution is 5.99. The van der Waals surface area contributed by atoms with Gasteiger partial charge in [0.15, 0.2) is 0 Å². The van der Waals surface area contributed by atoms with Crippen molar-refractivity contribution in [2.75, 3.05) is 5.32 Å². The zero-order chi connectivity index (χ0) is 13.5. The number of carbonyl (C=O) groups is 1. The van der Waals surface area contributed by atoms with Crippen LogP contribution in [-0.2, 0) is 0 Å². The first-order valence-electron chi connectivity index (χ1n) is 5.97. The second kappa shape index (κ2) is 6.35. The molecule has 0 saturated carbocycles. The molecule has 2 aromatic carbocycles. The number of rotatable bonds is 3. The molecule has 0 aliphatic rings. The molecule has 0 aliphatic heterocycles. The standard InChI is InChI=1S/C15H15N3O/c1-12(13-8-4-2-5-9-13)17-18-15(19)16-14-10-6-3-7-11-14/h2-11H,1H3,(H2,16,18,19). The van der Waals surface area contributed by atoms with Gasteiger partial charge in [0.1, 0.15) is 0 Å². The fraction of sp³-hybridized carbons (Fsp3) is 0.0667. The summed E-state index contributed by atoms with van der Waals surface area (Å²) in [7, 11) is 0. The smallest absolute Gasteiger partial charge is 0.307 e. The predicted octanol–water partition coefficient (Wildman–Crippen LogP) is 3.23. The molecule has 0 aliphatic carbocycles. The summed E-state index contributed by atoms with van der Waals surface area (Å²) in [6, 6.07) is 18.5. The maximum Gasteiger partial charge on any atom is 0.339 e. The molecule has 0 fully saturated rings. The van der Waals surface area contributed by atoms with Gasteiger partial charge in [-0.1, -0.05) is 48.5 Å². The lowest BCUT2D eigenvalue weighted by Crippen LogP contribution is -2.25. The van der Waals surface area contributed by atoms with Crippen molar-refractivity contribution in [1.82, 2.24) is 5.43 Å². The Hall–Kier alpha value is -2.62. The molecule has 2 rings (SSSR count). The van der Waals surface area contributed by atoms with Crippen LogP contribution in [0.15, 0.2) is 65.8 Å². The van der Waals surface area contributed by atoms with Gasteiger partial charge in [-0.2, -0.15) is 5.10 Å². The Labute approximate surface area is 112 Å². The van der Waals surface area contributed by atoms with E-state index in [1.54, 1.807) is 0 Å². The number of carbonyl (C=O) groups excluding carboxylic acids is 1. The first-order valence-corrected chi connectivity index (χ1v) is 5.97. The second-order valence-electron chi connectivity index (χ2n) is 4.00. The van der Waals surface area contributed by atoms with Crippen molar-refractivity contribution in [3.8, 4) is 0 Å². The molecule has 96 valence electrons. The van der Waals surface area contributed by atoms with Crippen molar-refractivity contribution in [1.29, 1.82) is 0 Å². The van der Waals surface area contributed by atoms with Crippen LogP contribution in [0.1, 0.15) is 12.5 Å². The van der Waals surface area contributed by atoms with Crippen LogP contribution in [0.25, 0.3) is 0 Å². The molecule has 0 radical (unpaired) electrons. The van der Waals surface area contributed by atoms with Gasteiger partial charge >= 0.3 is 6.03 Å². The Bertz CT molecular complexity index is 564. The summed E-state index contributed by atoms with van der Waals surface area (Å²) in [6.45, 7) is 1.85. The van der Waals surface area contributed by atoms with Crippen LogP contribution < -0.4 is 10.7 Å². The minimum absolute atomic E-state index is 0.360. The molecule has 0 unspecified atom stereocenters. The maximum atomic E-state index is 11.6. The molecule has 0 spiro atoms. The lowest BCUT2D eigenvalue weighted by atomic mass is 10.1. The van der Waals surface area contributed by atoms with Crippen molar-refractivity contribution >= 4 is 17.4 Å². The van der Waals surface area contributed by atoms with Gasteiger partial charge in [0, 0.05) is 5.69 Å². The summed E-state index contributed by atoms with van der Waals surface area (Å²) >= 11 is 0. The highest BCUT2D eigenvalue weighted by Gasteiger charge is 2.00. The maximum absolute atomic E-state index is 11.6. The average Bonchev–Trinajstić information content (AvgIpc) is 2.47. The van der Waals surface area contributed by atoms with Gasteiger partial charge in [-0.15, -0.1) is 0 Å². The fourth-order valence-electron chi connectivity index (χ4n) is 1.56. The van der Waals surface area contributed by atoms with Crippen molar-refractivity contribution in [3.05, 3.63) is 66.2 Å². The summed E-state index contributed by atoms with van der Waals surface area (Å²) in [4.78, 5) is 11.6. The summed E-state index contributed by atoms with van der Waals surface area (Å²) in [5, 5.41) is 6.74. The molecule has 2 N–H and O–H groups in total. The molecule has 2 amide bonds. The highest BCUT2D eigenvalue weighted by atomic mass is 16.2. The van der Waals surface area contributed by atoms with Gasteiger partial charge in [0.2, 0.25) is 0 Å². The van der Waals surface area contributed by atoms with E-state index in [9.17, 15) is 4.79 Å². The predicted molar refractivity (Wildman–Crippen MR) is 77.2 cm³/mol. The Balaban J connectivity index is 1.93. The summed E-state index contributed by atoms with van der Waals surface area (Å²) < 4.78 is 0. The zero-order valence-corrected chi connectivity index (χ0v) is 10.6. The third kappa shape index (κ3) is 3.96. The first kappa shape index (κ1) is 12.8. The Morgan fingerprint density at radius 3 is 2.16 bits per heavy atom. The molecule has 2 aromatic rings. The molecule has 0 saturated heterocycles. The topological polar surface area (TPSA) is 53.5 Å². The average molecular weight is 253 g/mol.